The molecule has 0 saturated carbocycles. The first-order valence-electron chi connectivity index (χ1n) is 12.4. The molecule has 4 unspecified atom stereocenters. The van der Waals surface area contributed by atoms with Crippen molar-refractivity contribution in [2.24, 2.45) is 11.7 Å². The second-order valence-electron chi connectivity index (χ2n) is 9.52. The van der Waals surface area contributed by atoms with Gasteiger partial charge in [-0.05, 0) is 43.0 Å². The van der Waals surface area contributed by atoms with Crippen LogP contribution in [0.25, 0.3) is 0 Å². The molecule has 39 heavy (non-hydrogen) atoms. The standard InChI is InChI=1S/C24H39N5O9S/c1-14(2)20(22(32)28-18(23(33)34)12-15-7-9-16(30)10-8-15)27-19(24(35)36)13-26-21(31)17(6-4-5-11-25)29-39(3,37)38/h7-10,14,17-20,27,29-30H,4-6,11-13,25H2,1-3H3,(H,26,31)(H,28,32)(H,33,34)(H,35,36). The van der Waals surface area contributed by atoms with Crippen LogP contribution in [0.4, 0.5) is 0 Å². The van der Waals surface area contributed by atoms with Crippen LogP contribution in [0.5, 0.6) is 5.75 Å². The van der Waals surface area contributed by atoms with Crippen LogP contribution < -0.4 is 26.4 Å². The average molecular weight is 574 g/mol. The van der Waals surface area contributed by atoms with Gasteiger partial charge in [-0.25, -0.2) is 17.9 Å². The van der Waals surface area contributed by atoms with Crippen molar-refractivity contribution < 1.29 is 42.9 Å². The van der Waals surface area contributed by atoms with Crippen LogP contribution in [-0.2, 0) is 35.6 Å². The molecule has 1 aromatic rings. The van der Waals surface area contributed by atoms with E-state index in [1.54, 1.807) is 13.8 Å². The molecule has 0 bridgehead atoms. The van der Waals surface area contributed by atoms with E-state index in [0.717, 1.165) is 6.26 Å². The van der Waals surface area contributed by atoms with Gasteiger partial charge in [0.2, 0.25) is 21.8 Å². The van der Waals surface area contributed by atoms with Crippen LogP contribution in [0.3, 0.4) is 0 Å². The quantitative estimate of drug-likeness (QED) is 0.0964. The van der Waals surface area contributed by atoms with Gasteiger partial charge < -0.3 is 31.7 Å². The number of amides is 2. The van der Waals surface area contributed by atoms with E-state index in [-0.39, 0.29) is 18.6 Å². The van der Waals surface area contributed by atoms with Gasteiger partial charge in [-0.2, -0.15) is 0 Å². The lowest BCUT2D eigenvalue weighted by molar-refractivity contribution is -0.143. The lowest BCUT2D eigenvalue weighted by atomic mass is 10.00. The Balaban J connectivity index is 2.93. The first-order chi connectivity index (χ1) is 18.1. The maximum atomic E-state index is 13.0. The maximum absolute atomic E-state index is 13.0. The fourth-order valence-electron chi connectivity index (χ4n) is 3.66. The summed E-state index contributed by atoms with van der Waals surface area (Å²) in [6.07, 6.45) is 1.99. The number of aromatic hydroxyl groups is 1. The topological polar surface area (TPSA) is 237 Å². The molecule has 0 radical (unpaired) electrons. The largest absolute Gasteiger partial charge is 0.508 e. The summed E-state index contributed by atoms with van der Waals surface area (Å²) < 4.78 is 25.6. The van der Waals surface area contributed by atoms with Crippen molar-refractivity contribution in [3.63, 3.8) is 0 Å². The van der Waals surface area contributed by atoms with Gasteiger partial charge in [-0.15, -0.1) is 0 Å². The normalized spacial score (nSPS) is 14.7. The van der Waals surface area contributed by atoms with Crippen LogP contribution in [0.2, 0.25) is 0 Å². The number of sulfonamides is 1. The molecular formula is C24H39N5O9S. The molecule has 4 atom stereocenters. The average Bonchev–Trinajstić information content (AvgIpc) is 2.82. The van der Waals surface area contributed by atoms with E-state index in [0.29, 0.717) is 24.9 Å². The van der Waals surface area contributed by atoms with E-state index in [9.17, 15) is 42.9 Å². The number of nitrogens with one attached hydrogen (secondary N) is 4. The van der Waals surface area contributed by atoms with Gasteiger partial charge in [0.15, 0.2) is 0 Å². The highest BCUT2D eigenvalue weighted by atomic mass is 32.2. The summed E-state index contributed by atoms with van der Waals surface area (Å²) in [6.45, 7) is 3.15. The Morgan fingerprint density at radius 1 is 0.923 bits per heavy atom. The second kappa shape index (κ2) is 16.0. The number of nitrogens with two attached hydrogens (primary N) is 1. The molecular weight excluding hydrogens is 534 g/mol. The Kier molecular flexibility index (Phi) is 13.8. The zero-order valence-electron chi connectivity index (χ0n) is 22.2. The van der Waals surface area contributed by atoms with Gasteiger partial charge in [0.05, 0.1) is 12.3 Å². The van der Waals surface area contributed by atoms with Crippen molar-refractivity contribution in [3.8, 4) is 5.75 Å². The minimum absolute atomic E-state index is 0.000448. The van der Waals surface area contributed by atoms with Gasteiger partial charge in [-0.3, -0.25) is 19.7 Å². The Bertz CT molecular complexity index is 1080. The van der Waals surface area contributed by atoms with Gasteiger partial charge in [-0.1, -0.05) is 32.4 Å². The maximum Gasteiger partial charge on any atom is 0.326 e. The van der Waals surface area contributed by atoms with E-state index in [1.807, 2.05) is 0 Å². The number of phenolic OH excluding ortho intramolecular Hbond substituents is 1. The summed E-state index contributed by atoms with van der Waals surface area (Å²) in [6, 6.07) is 0.741. The van der Waals surface area contributed by atoms with Gasteiger partial charge in [0.1, 0.15) is 23.9 Å². The van der Waals surface area contributed by atoms with E-state index in [2.05, 4.69) is 20.7 Å². The second-order valence-corrected chi connectivity index (χ2v) is 11.3. The van der Waals surface area contributed by atoms with Gasteiger partial charge in [0, 0.05) is 13.0 Å². The lowest BCUT2D eigenvalue weighted by Crippen LogP contribution is -2.59. The molecule has 0 spiro atoms. The van der Waals surface area contributed by atoms with Crippen LogP contribution >= 0.6 is 0 Å². The third kappa shape index (κ3) is 12.9. The third-order valence-corrected chi connectivity index (χ3v) is 6.43. The molecule has 0 aliphatic carbocycles. The van der Waals surface area contributed by atoms with E-state index in [1.165, 1.54) is 24.3 Å². The number of unbranched alkanes of at least 4 members (excludes halogenated alkanes) is 1. The number of benzene rings is 1. The van der Waals surface area contributed by atoms with E-state index < -0.39 is 70.4 Å². The SMILES string of the molecule is CC(C)C(NC(CNC(=O)C(CCCCN)NS(C)(=O)=O)C(=O)O)C(=O)NC(Cc1ccc(O)cc1)C(=O)O. The number of carbonyl (C=O) groups excluding carboxylic acids is 2. The predicted molar refractivity (Wildman–Crippen MR) is 142 cm³/mol. The van der Waals surface area contributed by atoms with Crippen molar-refractivity contribution >= 4 is 33.8 Å². The molecule has 220 valence electrons. The summed E-state index contributed by atoms with van der Waals surface area (Å²) in [7, 11) is -3.73. The van der Waals surface area contributed by atoms with Gasteiger partial charge in [0.25, 0.3) is 0 Å². The number of carboxylic acids is 2. The molecule has 1 aromatic carbocycles. The number of carbonyl (C=O) groups is 4. The number of rotatable bonds is 18. The Morgan fingerprint density at radius 3 is 2.00 bits per heavy atom. The number of hydrogen-bond acceptors (Lipinski definition) is 9. The van der Waals surface area contributed by atoms with E-state index in [4.69, 9.17) is 5.73 Å². The van der Waals surface area contributed by atoms with Crippen LogP contribution in [0.1, 0.15) is 38.7 Å². The Labute approximate surface area is 227 Å². The molecule has 15 heteroatoms. The zero-order valence-corrected chi connectivity index (χ0v) is 23.0. The van der Waals surface area contributed by atoms with Crippen LogP contribution in [0.15, 0.2) is 24.3 Å². The lowest BCUT2D eigenvalue weighted by Gasteiger charge is -2.27. The predicted octanol–water partition coefficient (Wildman–Crippen LogP) is -1.27. The fraction of sp³-hybridized carbons (Fsp3) is 0.583. The van der Waals surface area contributed by atoms with Crippen molar-refractivity contribution in [2.75, 3.05) is 19.3 Å². The third-order valence-electron chi connectivity index (χ3n) is 5.72. The Morgan fingerprint density at radius 2 is 1.51 bits per heavy atom. The highest BCUT2D eigenvalue weighted by molar-refractivity contribution is 7.88. The highest BCUT2D eigenvalue weighted by Gasteiger charge is 2.32. The van der Waals surface area contributed by atoms with Crippen molar-refractivity contribution in [1.29, 1.82) is 0 Å². The first kappa shape index (κ1) is 33.8. The van der Waals surface area contributed by atoms with Crippen molar-refractivity contribution in [2.45, 2.75) is 63.7 Å². The molecule has 0 heterocycles. The molecule has 2 amide bonds. The molecule has 14 nitrogen and oxygen atoms in total. The summed E-state index contributed by atoms with van der Waals surface area (Å²) in [5.74, 6) is -4.66. The van der Waals surface area contributed by atoms with Crippen molar-refractivity contribution in [1.82, 2.24) is 20.7 Å². The van der Waals surface area contributed by atoms with E-state index >= 15 is 0 Å². The first-order valence-corrected chi connectivity index (χ1v) is 14.3. The minimum Gasteiger partial charge on any atom is -0.508 e. The summed E-state index contributed by atoms with van der Waals surface area (Å²) in [5.41, 5.74) is 5.99. The Hall–Kier alpha value is -3.27. The highest BCUT2D eigenvalue weighted by Crippen LogP contribution is 2.12. The molecule has 0 fully saturated rings. The monoisotopic (exact) mass is 573 g/mol. The number of carboxylic acid groups (broad SMARTS) is 2. The summed E-state index contributed by atoms with van der Waals surface area (Å²) >= 11 is 0. The van der Waals surface area contributed by atoms with Crippen molar-refractivity contribution in [3.05, 3.63) is 29.8 Å². The summed E-state index contributed by atoms with van der Waals surface area (Å²) in [4.78, 5) is 49.4. The molecule has 0 aliphatic rings. The number of aliphatic carboxylic acids is 2. The molecule has 9 N–H and O–H groups in total. The number of phenols is 1. The molecule has 0 aromatic heterocycles. The molecule has 1 rings (SSSR count). The minimum atomic E-state index is -3.73. The summed E-state index contributed by atoms with van der Waals surface area (Å²) in [5, 5.41) is 36.2. The van der Waals surface area contributed by atoms with Gasteiger partial charge >= 0.3 is 11.9 Å². The molecule has 0 aliphatic heterocycles. The molecule has 0 saturated heterocycles. The van der Waals surface area contributed by atoms with Crippen LogP contribution in [-0.4, -0.2) is 91.0 Å². The smallest absolute Gasteiger partial charge is 0.326 e. The number of hydrogen-bond donors (Lipinski definition) is 8. The van der Waals surface area contributed by atoms with Crippen LogP contribution in [0, 0.1) is 5.92 Å². The fourth-order valence-corrected chi connectivity index (χ4v) is 4.40. The zero-order chi connectivity index (χ0) is 29.8.